The van der Waals surface area contributed by atoms with Gasteiger partial charge in [0.25, 0.3) is 5.91 Å². The molecule has 1 atom stereocenters. The first-order valence-electron chi connectivity index (χ1n) is 8.99. The van der Waals surface area contributed by atoms with Gasteiger partial charge in [-0.15, -0.1) is 0 Å². The summed E-state index contributed by atoms with van der Waals surface area (Å²) < 4.78 is 7.54. The standard InChI is InChI=1S/C18H25N5O2S/c1-5-15-13(9-22(6-2)7-3)8-16(25-15)17(24)20-12(4)14-10-23-18(21-14)26-11-19-23/h8,10-12H,5-7,9H2,1-4H3,(H,20,24)/t12-/m0/s1. The van der Waals surface area contributed by atoms with E-state index >= 15 is 0 Å². The summed E-state index contributed by atoms with van der Waals surface area (Å²) in [6, 6.07) is 1.64. The predicted octanol–water partition coefficient (Wildman–Crippen LogP) is 3.28. The second kappa shape index (κ2) is 8.01. The molecule has 0 saturated carbocycles. The van der Waals surface area contributed by atoms with Gasteiger partial charge in [0.15, 0.2) is 5.76 Å². The van der Waals surface area contributed by atoms with Crippen molar-refractivity contribution in [1.82, 2.24) is 24.8 Å². The van der Waals surface area contributed by atoms with Crippen molar-refractivity contribution in [3.05, 3.63) is 40.6 Å². The highest BCUT2D eigenvalue weighted by atomic mass is 32.1. The van der Waals surface area contributed by atoms with Gasteiger partial charge < -0.3 is 9.73 Å². The van der Waals surface area contributed by atoms with Gasteiger partial charge in [-0.25, -0.2) is 9.50 Å². The lowest BCUT2D eigenvalue weighted by atomic mass is 10.2. The molecule has 3 aromatic heterocycles. The third-order valence-electron chi connectivity index (χ3n) is 4.53. The molecule has 0 saturated heterocycles. The molecule has 0 aliphatic rings. The lowest BCUT2D eigenvalue weighted by molar-refractivity contribution is 0.0909. The average molecular weight is 375 g/mol. The summed E-state index contributed by atoms with van der Waals surface area (Å²) in [6.07, 6.45) is 2.60. The fourth-order valence-electron chi connectivity index (χ4n) is 2.91. The summed E-state index contributed by atoms with van der Waals surface area (Å²) in [5, 5.41) is 7.13. The number of rotatable bonds is 8. The van der Waals surface area contributed by atoms with Crippen LogP contribution in [-0.2, 0) is 13.0 Å². The molecule has 3 heterocycles. The average Bonchev–Trinajstić information content (AvgIpc) is 3.33. The summed E-state index contributed by atoms with van der Waals surface area (Å²) in [5.41, 5.74) is 3.60. The number of carbonyl (C=O) groups is 1. The number of amides is 1. The van der Waals surface area contributed by atoms with Gasteiger partial charge in [-0.1, -0.05) is 32.1 Å². The van der Waals surface area contributed by atoms with Gasteiger partial charge in [-0.3, -0.25) is 9.69 Å². The number of hydrogen-bond acceptors (Lipinski definition) is 6. The SMILES string of the molecule is CCc1oc(C(=O)N[C@@H](C)c2cn3ncsc3n2)cc1CN(CC)CC. The molecule has 7 nitrogen and oxygen atoms in total. The van der Waals surface area contributed by atoms with Crippen LogP contribution in [0, 0.1) is 0 Å². The molecule has 0 radical (unpaired) electrons. The number of carbonyl (C=O) groups excluding carboxylic acids is 1. The first-order valence-corrected chi connectivity index (χ1v) is 9.87. The molecular formula is C18H25N5O2S. The minimum atomic E-state index is -0.224. The molecule has 0 aromatic carbocycles. The van der Waals surface area contributed by atoms with Crippen LogP contribution < -0.4 is 5.32 Å². The third kappa shape index (κ3) is 3.81. The van der Waals surface area contributed by atoms with Crippen LogP contribution in [0.5, 0.6) is 0 Å². The van der Waals surface area contributed by atoms with Gasteiger partial charge in [-0.2, -0.15) is 5.10 Å². The first kappa shape index (κ1) is 18.6. The normalized spacial score (nSPS) is 12.8. The summed E-state index contributed by atoms with van der Waals surface area (Å²) >= 11 is 1.46. The van der Waals surface area contributed by atoms with E-state index < -0.39 is 0 Å². The van der Waals surface area contributed by atoms with Crippen LogP contribution in [0.1, 0.15) is 61.3 Å². The highest BCUT2D eigenvalue weighted by Gasteiger charge is 2.20. The van der Waals surface area contributed by atoms with Crippen LogP contribution in [0.25, 0.3) is 4.96 Å². The molecular weight excluding hydrogens is 350 g/mol. The zero-order valence-electron chi connectivity index (χ0n) is 15.7. The Morgan fingerprint density at radius 2 is 2.15 bits per heavy atom. The summed E-state index contributed by atoms with van der Waals surface area (Å²) in [6.45, 7) is 10.9. The van der Waals surface area contributed by atoms with Crippen molar-refractivity contribution in [2.75, 3.05) is 13.1 Å². The smallest absolute Gasteiger partial charge is 0.287 e. The molecule has 0 aliphatic carbocycles. The number of aryl methyl sites for hydroxylation is 1. The molecule has 8 heteroatoms. The Morgan fingerprint density at radius 1 is 1.38 bits per heavy atom. The molecule has 3 aromatic rings. The van der Waals surface area contributed by atoms with Crippen molar-refractivity contribution in [3.63, 3.8) is 0 Å². The number of hydrogen-bond donors (Lipinski definition) is 1. The van der Waals surface area contributed by atoms with E-state index in [0.29, 0.717) is 5.76 Å². The molecule has 0 aliphatic heterocycles. The fraction of sp³-hybridized carbons (Fsp3) is 0.500. The number of nitrogens with zero attached hydrogens (tertiary/aromatic N) is 4. The molecule has 1 N–H and O–H groups in total. The Kier molecular flexibility index (Phi) is 5.73. The van der Waals surface area contributed by atoms with Crippen molar-refractivity contribution < 1.29 is 9.21 Å². The molecule has 26 heavy (non-hydrogen) atoms. The van der Waals surface area contributed by atoms with Crippen molar-refractivity contribution in [2.24, 2.45) is 0 Å². The van der Waals surface area contributed by atoms with E-state index in [-0.39, 0.29) is 11.9 Å². The molecule has 0 unspecified atom stereocenters. The van der Waals surface area contributed by atoms with E-state index in [1.165, 1.54) is 11.3 Å². The summed E-state index contributed by atoms with van der Waals surface area (Å²) in [4.78, 5) is 20.2. The third-order valence-corrected chi connectivity index (χ3v) is 5.21. The topological polar surface area (TPSA) is 75.7 Å². The lowest BCUT2D eigenvalue weighted by Crippen LogP contribution is -2.26. The monoisotopic (exact) mass is 375 g/mol. The van der Waals surface area contributed by atoms with Crippen LogP contribution in [0.4, 0.5) is 0 Å². The van der Waals surface area contributed by atoms with Crippen molar-refractivity contribution >= 4 is 22.2 Å². The number of furan rings is 1. The van der Waals surface area contributed by atoms with E-state index in [2.05, 4.69) is 34.1 Å². The van der Waals surface area contributed by atoms with Gasteiger partial charge in [0, 0.05) is 18.5 Å². The summed E-state index contributed by atoms with van der Waals surface area (Å²) in [5.74, 6) is 1.01. The predicted molar refractivity (Wildman–Crippen MR) is 101 cm³/mol. The van der Waals surface area contributed by atoms with Crippen LogP contribution in [0.3, 0.4) is 0 Å². The molecule has 0 bridgehead atoms. The van der Waals surface area contributed by atoms with Gasteiger partial charge in [0.05, 0.1) is 17.9 Å². The summed E-state index contributed by atoms with van der Waals surface area (Å²) in [7, 11) is 0. The number of imidazole rings is 1. The molecule has 3 rings (SSSR count). The first-order chi connectivity index (χ1) is 12.5. The van der Waals surface area contributed by atoms with Crippen LogP contribution in [-0.4, -0.2) is 38.5 Å². The Hall–Kier alpha value is -2.19. The number of fused-ring (bicyclic) bond motifs is 1. The second-order valence-corrected chi connectivity index (χ2v) is 7.01. The van der Waals surface area contributed by atoms with Crippen LogP contribution in [0.2, 0.25) is 0 Å². The maximum absolute atomic E-state index is 12.6. The molecule has 0 spiro atoms. The van der Waals surface area contributed by atoms with Crippen molar-refractivity contribution in [1.29, 1.82) is 0 Å². The van der Waals surface area contributed by atoms with Gasteiger partial charge in [0.1, 0.15) is 11.3 Å². The number of aromatic nitrogens is 3. The zero-order chi connectivity index (χ0) is 18.7. The van der Waals surface area contributed by atoms with E-state index in [9.17, 15) is 4.79 Å². The number of nitrogens with one attached hydrogen (secondary N) is 1. The van der Waals surface area contributed by atoms with E-state index in [1.807, 2.05) is 26.1 Å². The Balaban J connectivity index is 1.72. The van der Waals surface area contributed by atoms with Crippen molar-refractivity contribution in [2.45, 2.75) is 46.7 Å². The Labute approximate surface area is 157 Å². The lowest BCUT2D eigenvalue weighted by Gasteiger charge is -2.17. The Bertz CT molecular complexity index is 849. The fourth-order valence-corrected chi connectivity index (χ4v) is 3.51. The molecule has 140 valence electrons. The van der Waals surface area contributed by atoms with Crippen LogP contribution in [0.15, 0.2) is 22.2 Å². The maximum atomic E-state index is 12.6. The second-order valence-electron chi connectivity index (χ2n) is 6.20. The minimum Gasteiger partial charge on any atom is -0.456 e. The van der Waals surface area contributed by atoms with E-state index in [1.54, 1.807) is 10.0 Å². The molecule has 0 fully saturated rings. The van der Waals surface area contributed by atoms with Gasteiger partial charge >= 0.3 is 0 Å². The van der Waals surface area contributed by atoms with Gasteiger partial charge in [0.2, 0.25) is 4.96 Å². The highest BCUT2D eigenvalue weighted by molar-refractivity contribution is 7.14. The highest BCUT2D eigenvalue weighted by Crippen LogP contribution is 2.20. The quantitative estimate of drug-likeness (QED) is 0.654. The minimum absolute atomic E-state index is 0.220. The van der Waals surface area contributed by atoms with Gasteiger partial charge in [-0.05, 0) is 26.1 Å². The maximum Gasteiger partial charge on any atom is 0.287 e. The van der Waals surface area contributed by atoms with Crippen molar-refractivity contribution in [3.8, 4) is 0 Å². The molecule has 1 amide bonds. The van der Waals surface area contributed by atoms with E-state index in [4.69, 9.17) is 4.42 Å². The Morgan fingerprint density at radius 3 is 2.81 bits per heavy atom. The zero-order valence-corrected chi connectivity index (χ0v) is 16.5. The van der Waals surface area contributed by atoms with Crippen LogP contribution >= 0.6 is 11.3 Å². The largest absolute Gasteiger partial charge is 0.456 e. The van der Waals surface area contributed by atoms with E-state index in [0.717, 1.165) is 48.0 Å².